The summed E-state index contributed by atoms with van der Waals surface area (Å²) >= 11 is 1.80. The van der Waals surface area contributed by atoms with Gasteiger partial charge in [0.1, 0.15) is 11.9 Å². The minimum atomic E-state index is -0.497. The van der Waals surface area contributed by atoms with Gasteiger partial charge in [-0.25, -0.2) is 0 Å². The zero-order valence-corrected chi connectivity index (χ0v) is 9.74. The number of hydrogen-bond acceptors (Lipinski definition) is 3. The van der Waals surface area contributed by atoms with Gasteiger partial charge in [-0.05, 0) is 48.4 Å². The van der Waals surface area contributed by atoms with Gasteiger partial charge in [0, 0.05) is 10.8 Å². The Bertz CT molecular complexity index is 458. The average molecular weight is 234 g/mol. The molecular formula is C13H14O2S. The number of rotatable bonds is 2. The summed E-state index contributed by atoms with van der Waals surface area (Å²) in [5.74, 6) is 0.894. The van der Waals surface area contributed by atoms with E-state index >= 15 is 0 Å². The summed E-state index contributed by atoms with van der Waals surface area (Å²) in [6, 6.07) is 5.83. The fourth-order valence-electron chi connectivity index (χ4n) is 2.51. The smallest absolute Gasteiger partial charge is 0.132 e. The summed E-state index contributed by atoms with van der Waals surface area (Å²) in [6.45, 7) is 0. The first-order valence-corrected chi connectivity index (χ1v) is 6.52. The molecule has 2 atom stereocenters. The van der Waals surface area contributed by atoms with Crippen LogP contribution in [-0.2, 0) is 6.42 Å². The van der Waals surface area contributed by atoms with Crippen LogP contribution in [0, 0.1) is 0 Å². The molecule has 0 bridgehead atoms. The van der Waals surface area contributed by atoms with Gasteiger partial charge in [-0.2, -0.15) is 0 Å². The quantitative estimate of drug-likeness (QED) is 0.862. The van der Waals surface area contributed by atoms with E-state index in [-0.39, 0.29) is 5.92 Å². The van der Waals surface area contributed by atoms with Crippen LogP contribution < -0.4 is 0 Å². The van der Waals surface area contributed by atoms with Crippen molar-refractivity contribution in [3.05, 3.63) is 46.0 Å². The zero-order chi connectivity index (χ0) is 11.0. The number of aryl methyl sites for hydroxylation is 1. The summed E-state index contributed by atoms with van der Waals surface area (Å²) in [7, 11) is 0. The molecule has 2 unspecified atom stereocenters. The molecule has 2 aromatic rings. The molecule has 0 spiro atoms. The van der Waals surface area contributed by atoms with Crippen LogP contribution in [0.3, 0.4) is 0 Å². The number of fused-ring (bicyclic) bond motifs is 1. The van der Waals surface area contributed by atoms with Crippen LogP contribution in [0.5, 0.6) is 0 Å². The molecule has 0 fully saturated rings. The van der Waals surface area contributed by atoms with Gasteiger partial charge in [0.05, 0.1) is 6.26 Å². The fraction of sp³-hybridized carbons (Fsp3) is 0.385. The van der Waals surface area contributed by atoms with E-state index < -0.39 is 6.10 Å². The highest BCUT2D eigenvalue weighted by molar-refractivity contribution is 7.10. The lowest BCUT2D eigenvalue weighted by Crippen LogP contribution is -2.15. The van der Waals surface area contributed by atoms with Gasteiger partial charge in [0.15, 0.2) is 0 Å². The zero-order valence-electron chi connectivity index (χ0n) is 8.93. The third-order valence-electron chi connectivity index (χ3n) is 3.31. The summed E-state index contributed by atoms with van der Waals surface area (Å²) in [5.41, 5.74) is 1.32. The Labute approximate surface area is 98.5 Å². The van der Waals surface area contributed by atoms with Crippen molar-refractivity contribution in [3.8, 4) is 0 Å². The van der Waals surface area contributed by atoms with Gasteiger partial charge in [-0.15, -0.1) is 11.3 Å². The first-order valence-electron chi connectivity index (χ1n) is 5.64. The Balaban J connectivity index is 1.92. The number of thiophene rings is 1. The highest BCUT2D eigenvalue weighted by Crippen LogP contribution is 2.42. The molecule has 0 radical (unpaired) electrons. The van der Waals surface area contributed by atoms with E-state index in [0.717, 1.165) is 19.3 Å². The molecule has 1 aliphatic carbocycles. The van der Waals surface area contributed by atoms with Crippen LogP contribution in [0.2, 0.25) is 0 Å². The SMILES string of the molecule is OC(c1ccco1)C1CCCc2sccc21. The van der Waals surface area contributed by atoms with Crippen LogP contribution in [-0.4, -0.2) is 5.11 Å². The molecule has 2 heterocycles. The molecule has 0 saturated heterocycles. The maximum atomic E-state index is 10.3. The molecule has 2 aromatic heterocycles. The Morgan fingerprint density at radius 2 is 2.38 bits per heavy atom. The molecule has 0 aromatic carbocycles. The van der Waals surface area contributed by atoms with E-state index in [1.54, 1.807) is 17.6 Å². The summed E-state index contributed by atoms with van der Waals surface area (Å²) in [6.07, 6.45) is 4.50. The van der Waals surface area contributed by atoms with Gasteiger partial charge in [0.2, 0.25) is 0 Å². The molecule has 1 aliphatic rings. The van der Waals surface area contributed by atoms with Gasteiger partial charge in [0.25, 0.3) is 0 Å². The van der Waals surface area contributed by atoms with Gasteiger partial charge in [-0.3, -0.25) is 0 Å². The highest BCUT2D eigenvalue weighted by Gasteiger charge is 2.29. The van der Waals surface area contributed by atoms with Crippen molar-refractivity contribution in [3.63, 3.8) is 0 Å². The van der Waals surface area contributed by atoms with Crippen LogP contribution in [0.25, 0.3) is 0 Å². The first kappa shape index (κ1) is 10.1. The summed E-state index contributed by atoms with van der Waals surface area (Å²) in [4.78, 5) is 1.43. The van der Waals surface area contributed by atoms with Gasteiger partial charge < -0.3 is 9.52 Å². The van der Waals surface area contributed by atoms with Crippen molar-refractivity contribution in [1.29, 1.82) is 0 Å². The Hall–Kier alpha value is -1.06. The number of hydrogen-bond donors (Lipinski definition) is 1. The third kappa shape index (κ3) is 1.60. The van der Waals surface area contributed by atoms with Crippen molar-refractivity contribution in [2.45, 2.75) is 31.3 Å². The van der Waals surface area contributed by atoms with Crippen LogP contribution in [0.15, 0.2) is 34.3 Å². The lowest BCUT2D eigenvalue weighted by Gasteiger charge is -2.26. The molecule has 1 N–H and O–H groups in total. The molecule has 0 aliphatic heterocycles. The minimum absolute atomic E-state index is 0.209. The summed E-state index contributed by atoms with van der Waals surface area (Å²) < 4.78 is 5.29. The van der Waals surface area contributed by atoms with Crippen molar-refractivity contribution >= 4 is 11.3 Å². The summed E-state index contributed by atoms with van der Waals surface area (Å²) in [5, 5.41) is 12.4. The molecule has 3 heteroatoms. The second-order valence-corrected chi connectivity index (χ2v) is 5.26. The van der Waals surface area contributed by atoms with Gasteiger partial charge >= 0.3 is 0 Å². The third-order valence-corrected chi connectivity index (χ3v) is 4.31. The second-order valence-electron chi connectivity index (χ2n) is 4.26. The normalized spacial score (nSPS) is 21.7. The van der Waals surface area contributed by atoms with Gasteiger partial charge in [-0.1, -0.05) is 0 Å². The van der Waals surface area contributed by atoms with E-state index in [4.69, 9.17) is 4.42 Å². The number of aliphatic hydroxyl groups is 1. The van der Waals surface area contributed by atoms with Crippen molar-refractivity contribution in [1.82, 2.24) is 0 Å². The van der Waals surface area contributed by atoms with Crippen molar-refractivity contribution in [2.24, 2.45) is 0 Å². The lowest BCUT2D eigenvalue weighted by molar-refractivity contribution is 0.112. The Kier molecular flexibility index (Phi) is 2.58. The molecule has 84 valence electrons. The first-order chi connectivity index (χ1) is 7.86. The van der Waals surface area contributed by atoms with E-state index in [9.17, 15) is 5.11 Å². The monoisotopic (exact) mass is 234 g/mol. The molecule has 0 amide bonds. The molecule has 2 nitrogen and oxygen atoms in total. The predicted octanol–water partition coefficient (Wildman–Crippen LogP) is 3.49. The van der Waals surface area contributed by atoms with Crippen LogP contribution in [0.4, 0.5) is 0 Å². The van der Waals surface area contributed by atoms with Crippen molar-refractivity contribution in [2.75, 3.05) is 0 Å². The van der Waals surface area contributed by atoms with Crippen molar-refractivity contribution < 1.29 is 9.52 Å². The highest BCUT2D eigenvalue weighted by atomic mass is 32.1. The second kappa shape index (κ2) is 4.07. The largest absolute Gasteiger partial charge is 0.467 e. The predicted molar refractivity (Wildman–Crippen MR) is 63.7 cm³/mol. The Morgan fingerprint density at radius 1 is 1.44 bits per heavy atom. The Morgan fingerprint density at radius 3 is 3.19 bits per heavy atom. The number of aliphatic hydroxyl groups excluding tert-OH is 1. The molecular weight excluding hydrogens is 220 g/mol. The minimum Gasteiger partial charge on any atom is -0.467 e. The topological polar surface area (TPSA) is 33.4 Å². The average Bonchev–Trinajstić information content (AvgIpc) is 2.98. The fourth-order valence-corrected chi connectivity index (χ4v) is 3.50. The van der Waals surface area contributed by atoms with Crippen LogP contribution in [0.1, 0.15) is 41.1 Å². The van der Waals surface area contributed by atoms with Crippen LogP contribution >= 0.6 is 11.3 Å². The van der Waals surface area contributed by atoms with E-state index in [1.807, 2.05) is 12.1 Å². The van der Waals surface area contributed by atoms with E-state index in [2.05, 4.69) is 11.4 Å². The molecule has 16 heavy (non-hydrogen) atoms. The maximum absolute atomic E-state index is 10.3. The molecule has 3 rings (SSSR count). The standard InChI is InChI=1S/C13H14O2S/c14-13(11-4-2-7-15-11)10-3-1-5-12-9(10)6-8-16-12/h2,4,6-8,10,13-14H,1,3,5H2. The van der Waals surface area contributed by atoms with E-state index in [1.165, 1.54) is 10.4 Å². The van der Waals surface area contributed by atoms with E-state index in [0.29, 0.717) is 5.76 Å². The molecule has 0 saturated carbocycles. The maximum Gasteiger partial charge on any atom is 0.132 e. The number of furan rings is 1. The lowest BCUT2D eigenvalue weighted by atomic mass is 9.83.